The van der Waals surface area contributed by atoms with E-state index in [2.05, 4.69) is 145 Å². The minimum absolute atomic E-state index is 0.187. The van der Waals surface area contributed by atoms with E-state index in [1.807, 2.05) is 36.4 Å². The number of nitrogens with zero attached hydrogens (tertiary/aromatic N) is 2. The SMILES string of the molecule is CCCOc1c2cc(C(C)(C)C)cc1Sc1cc(C(C)(C)C)cc(c1OCCN=Cc1ccccc1O)Sc1cc(C(C)(C)C)cc(c1OCCC)Sc1cc(C(C)(C)C)cc(c1OCCN=Cc1ccccc1O)S2. The molecule has 0 aliphatic carbocycles. The lowest BCUT2D eigenvalue weighted by Gasteiger charge is -2.28. The molecule has 6 aromatic rings. The van der Waals surface area contributed by atoms with E-state index in [9.17, 15) is 10.2 Å². The molecule has 7 rings (SSSR count). The van der Waals surface area contributed by atoms with Crippen molar-refractivity contribution in [3.05, 3.63) is 130 Å². The molecule has 2 N–H and O–H groups in total. The summed E-state index contributed by atoms with van der Waals surface area (Å²) in [5.41, 5.74) is 5.17. The molecule has 12 heteroatoms. The number of para-hydroxylation sites is 2. The fraction of sp³-hybridized carbons (Fsp3) is 0.406. The molecule has 8 bridgehead atoms. The highest BCUT2D eigenvalue weighted by Crippen LogP contribution is 2.56. The molecule has 0 spiro atoms. The van der Waals surface area contributed by atoms with Gasteiger partial charge in [0.2, 0.25) is 0 Å². The van der Waals surface area contributed by atoms with Gasteiger partial charge in [-0.2, -0.15) is 0 Å². The van der Waals surface area contributed by atoms with Crippen molar-refractivity contribution in [3.8, 4) is 34.5 Å². The van der Waals surface area contributed by atoms with Gasteiger partial charge in [0.15, 0.2) is 0 Å². The van der Waals surface area contributed by atoms with Gasteiger partial charge in [-0.25, -0.2) is 0 Å². The third kappa shape index (κ3) is 15.1. The first-order valence-electron chi connectivity index (χ1n) is 26.5. The number of ether oxygens (including phenoxy) is 4. The highest BCUT2D eigenvalue weighted by Gasteiger charge is 2.30. The topological polar surface area (TPSA) is 102 Å². The van der Waals surface area contributed by atoms with Crippen molar-refractivity contribution in [2.75, 3.05) is 39.5 Å². The number of aliphatic imine (C=N–C) groups is 2. The maximum Gasteiger partial charge on any atom is 0.147 e. The van der Waals surface area contributed by atoms with Crippen LogP contribution < -0.4 is 18.9 Å². The molecule has 76 heavy (non-hydrogen) atoms. The maximum absolute atomic E-state index is 10.5. The van der Waals surface area contributed by atoms with E-state index in [0.717, 1.165) is 75.0 Å². The van der Waals surface area contributed by atoms with Gasteiger partial charge < -0.3 is 29.2 Å². The quantitative estimate of drug-likeness (QED) is 0.0718. The van der Waals surface area contributed by atoms with Crippen LogP contribution in [-0.4, -0.2) is 62.2 Å². The van der Waals surface area contributed by atoms with Crippen LogP contribution in [-0.2, 0) is 21.7 Å². The largest absolute Gasteiger partial charge is 0.507 e. The van der Waals surface area contributed by atoms with E-state index in [-0.39, 0.29) is 33.2 Å². The van der Waals surface area contributed by atoms with Crippen molar-refractivity contribution in [1.82, 2.24) is 0 Å². The van der Waals surface area contributed by atoms with Crippen molar-refractivity contribution >= 4 is 59.5 Å². The van der Waals surface area contributed by atoms with Crippen LogP contribution in [0.3, 0.4) is 0 Å². The second-order valence-corrected chi connectivity index (χ2v) is 27.5. The molecule has 0 aromatic heterocycles. The smallest absolute Gasteiger partial charge is 0.147 e. The number of phenolic OH excluding ortho intramolecular Hbond substituents is 2. The Morgan fingerprint density at radius 2 is 0.618 bits per heavy atom. The summed E-state index contributed by atoms with van der Waals surface area (Å²) < 4.78 is 28.1. The molecule has 1 aliphatic rings. The normalized spacial score (nSPS) is 13.3. The van der Waals surface area contributed by atoms with E-state index in [0.29, 0.717) is 50.6 Å². The van der Waals surface area contributed by atoms with Crippen LogP contribution in [0.4, 0.5) is 0 Å². The molecule has 0 amide bonds. The molecule has 0 unspecified atom stereocenters. The summed E-state index contributed by atoms with van der Waals surface area (Å²) in [6.45, 7) is 33.9. The summed E-state index contributed by atoms with van der Waals surface area (Å²) in [6, 6.07) is 32.9. The zero-order valence-corrected chi connectivity index (χ0v) is 50.4. The highest BCUT2D eigenvalue weighted by molar-refractivity contribution is 8.01. The standard InChI is InChI=1S/C64H78N2O6S4/c1-15-27-69-57-49-31-43(61(3,4)5)32-50(57)74-54-36-46(64(12,13)14)38-56(60(54)72-30-26-66-40-42-22-18-20-24-48(42)68)76-52-34-44(62(6,7)8)33-51(58(52)70-28-16-2)75-55-37-45(63(9,10)11)35-53(73-49)59(55)71-29-25-65-39-41-21-17-19-23-47(41)67/h17-24,31-40,67-68H,15-16,25-30H2,1-14H3. The molecular weight excluding hydrogens is 1020 g/mol. The molecule has 0 radical (unpaired) electrons. The Kier molecular flexibility index (Phi) is 19.3. The predicted molar refractivity (Wildman–Crippen MR) is 321 cm³/mol. The van der Waals surface area contributed by atoms with E-state index >= 15 is 0 Å². The fourth-order valence-corrected chi connectivity index (χ4v) is 12.8. The van der Waals surface area contributed by atoms with Crippen LogP contribution in [0, 0.1) is 0 Å². The number of aromatic hydroxyl groups is 2. The summed E-state index contributed by atoms with van der Waals surface area (Å²) in [5.74, 6) is 3.53. The van der Waals surface area contributed by atoms with Gasteiger partial charge in [-0.1, -0.05) is 168 Å². The van der Waals surface area contributed by atoms with Crippen LogP contribution in [0.25, 0.3) is 0 Å². The van der Waals surface area contributed by atoms with E-state index in [1.165, 1.54) is 22.3 Å². The highest BCUT2D eigenvalue weighted by atomic mass is 32.2. The fourth-order valence-electron chi connectivity index (χ4n) is 8.02. The lowest BCUT2D eigenvalue weighted by atomic mass is 9.87. The molecule has 6 aromatic carbocycles. The van der Waals surface area contributed by atoms with E-state index in [4.69, 9.17) is 28.9 Å². The Labute approximate surface area is 470 Å². The molecule has 0 fully saturated rings. The van der Waals surface area contributed by atoms with Crippen molar-refractivity contribution in [2.45, 2.75) is 171 Å². The third-order valence-corrected chi connectivity index (χ3v) is 16.8. The molecule has 0 saturated carbocycles. The zero-order chi connectivity index (χ0) is 55.0. The molecule has 1 aliphatic heterocycles. The van der Waals surface area contributed by atoms with Gasteiger partial charge in [-0.3, -0.25) is 9.98 Å². The molecule has 8 nitrogen and oxygen atoms in total. The van der Waals surface area contributed by atoms with Crippen LogP contribution >= 0.6 is 47.0 Å². The monoisotopic (exact) mass is 1100 g/mol. The minimum atomic E-state index is -0.214. The van der Waals surface area contributed by atoms with Gasteiger partial charge >= 0.3 is 0 Å². The first-order valence-corrected chi connectivity index (χ1v) is 29.7. The predicted octanol–water partition coefficient (Wildman–Crippen LogP) is 17.8. The van der Waals surface area contributed by atoms with Gasteiger partial charge in [0.1, 0.15) is 47.7 Å². The Balaban J connectivity index is 1.52. The van der Waals surface area contributed by atoms with E-state index in [1.54, 1.807) is 71.6 Å². The second kappa shape index (κ2) is 25.1. The first-order chi connectivity index (χ1) is 35.9. The minimum Gasteiger partial charge on any atom is -0.507 e. The summed E-state index contributed by atoms with van der Waals surface area (Å²) in [6.07, 6.45) is 5.08. The third-order valence-electron chi connectivity index (χ3n) is 12.6. The Morgan fingerprint density at radius 3 is 0.842 bits per heavy atom. The van der Waals surface area contributed by atoms with Crippen molar-refractivity contribution < 1.29 is 29.2 Å². The van der Waals surface area contributed by atoms with Gasteiger partial charge in [-0.05, 0) is 130 Å². The van der Waals surface area contributed by atoms with Crippen LogP contribution in [0.15, 0.2) is 146 Å². The van der Waals surface area contributed by atoms with Crippen LogP contribution in [0.5, 0.6) is 34.5 Å². The van der Waals surface area contributed by atoms with Crippen molar-refractivity contribution in [3.63, 3.8) is 0 Å². The summed E-state index contributed by atoms with van der Waals surface area (Å²) in [7, 11) is 0. The number of fused-ring (bicyclic) bond motifs is 8. The lowest BCUT2D eigenvalue weighted by Crippen LogP contribution is -2.14. The van der Waals surface area contributed by atoms with Crippen molar-refractivity contribution in [2.24, 2.45) is 9.98 Å². The summed E-state index contributed by atoms with van der Waals surface area (Å²) in [5, 5.41) is 21.0. The number of benzene rings is 6. The number of rotatable bonds is 16. The first kappa shape index (κ1) is 58.5. The molecule has 0 atom stereocenters. The molecule has 1 heterocycles. The zero-order valence-electron chi connectivity index (χ0n) is 47.1. The van der Waals surface area contributed by atoms with Crippen molar-refractivity contribution in [1.29, 1.82) is 0 Å². The second-order valence-electron chi connectivity index (χ2n) is 23.2. The molecule has 0 saturated heterocycles. The average Bonchev–Trinajstić information content (AvgIpc) is 3.34. The van der Waals surface area contributed by atoms with Gasteiger partial charge in [-0.15, -0.1) is 0 Å². The Hall–Kier alpha value is -5.14. The average molecular weight is 1100 g/mol. The number of hydrogen-bond acceptors (Lipinski definition) is 12. The molecular formula is C64H78N2O6S4. The Morgan fingerprint density at radius 1 is 0.382 bits per heavy atom. The molecule has 404 valence electrons. The number of phenols is 2. The van der Waals surface area contributed by atoms with Crippen LogP contribution in [0.1, 0.15) is 143 Å². The van der Waals surface area contributed by atoms with Gasteiger partial charge in [0.25, 0.3) is 0 Å². The van der Waals surface area contributed by atoms with Gasteiger partial charge in [0.05, 0.1) is 65.5 Å². The van der Waals surface area contributed by atoms with E-state index < -0.39 is 0 Å². The maximum atomic E-state index is 10.5. The lowest BCUT2D eigenvalue weighted by molar-refractivity contribution is 0.301. The summed E-state index contributed by atoms with van der Waals surface area (Å²) in [4.78, 5) is 17.3. The Bertz CT molecular complexity index is 2750. The van der Waals surface area contributed by atoms with Gasteiger partial charge in [0, 0.05) is 23.6 Å². The van der Waals surface area contributed by atoms with Crippen LogP contribution in [0.2, 0.25) is 0 Å². The number of hydrogen-bond donors (Lipinski definition) is 2. The summed E-state index contributed by atoms with van der Waals surface area (Å²) >= 11 is 6.74.